The molecule has 1 aliphatic heterocycles. The van der Waals surface area contributed by atoms with E-state index in [9.17, 15) is 4.79 Å². The van der Waals surface area contributed by atoms with Crippen LogP contribution in [-0.2, 0) is 4.79 Å². The smallest absolute Gasteiger partial charge is 0.266 e. The first-order chi connectivity index (χ1) is 16.6. The van der Waals surface area contributed by atoms with Gasteiger partial charge in [0.1, 0.15) is 5.70 Å². The number of fused-ring (bicyclic) bond motifs is 2. The molecule has 0 radical (unpaired) electrons. The zero-order valence-corrected chi connectivity index (χ0v) is 20.9. The predicted octanol–water partition coefficient (Wildman–Crippen LogP) is 8.30. The van der Waals surface area contributed by atoms with E-state index < -0.39 is 0 Å². The van der Waals surface area contributed by atoms with Gasteiger partial charge in [0.05, 0.1) is 15.6 Å². The lowest BCUT2D eigenvalue weighted by Gasteiger charge is -2.18. The van der Waals surface area contributed by atoms with Crippen molar-refractivity contribution >= 4 is 83.2 Å². The standard InChI is InChI=1S/C28H16BrClN2OS/c29-19-10-6-11-20(16-19)32-27(26-25(30)22-13-3-4-14-24(22)34-26)31-23(28(32)33)15-18-9-5-8-17-7-1-2-12-21(17)18/h1-16H/b23-15+. The largest absolute Gasteiger partial charge is 0.282 e. The molecule has 6 heteroatoms. The van der Waals surface area contributed by atoms with E-state index in [-0.39, 0.29) is 5.91 Å². The summed E-state index contributed by atoms with van der Waals surface area (Å²) in [4.78, 5) is 21.0. The molecule has 1 aromatic heterocycles. The number of anilines is 1. The maximum absolute atomic E-state index is 13.8. The van der Waals surface area contributed by atoms with Gasteiger partial charge in [-0.3, -0.25) is 9.69 Å². The van der Waals surface area contributed by atoms with Crippen molar-refractivity contribution in [1.29, 1.82) is 0 Å². The van der Waals surface area contributed by atoms with Crippen LogP contribution in [0.1, 0.15) is 10.4 Å². The average Bonchev–Trinajstić information content (AvgIpc) is 3.36. The van der Waals surface area contributed by atoms with E-state index in [4.69, 9.17) is 16.6 Å². The van der Waals surface area contributed by atoms with E-state index in [1.807, 2.05) is 78.9 Å². The van der Waals surface area contributed by atoms with Crippen molar-refractivity contribution < 1.29 is 4.79 Å². The molecule has 0 saturated heterocycles. The van der Waals surface area contributed by atoms with Gasteiger partial charge in [0.25, 0.3) is 5.91 Å². The molecule has 0 saturated carbocycles. The Balaban J connectivity index is 1.56. The molecule has 2 heterocycles. The van der Waals surface area contributed by atoms with Gasteiger partial charge in [-0.15, -0.1) is 11.3 Å². The second-order valence-corrected chi connectivity index (χ2v) is 10.2. The number of amides is 1. The number of nitrogens with zero attached hydrogens (tertiary/aromatic N) is 2. The van der Waals surface area contributed by atoms with Crippen molar-refractivity contribution in [3.63, 3.8) is 0 Å². The summed E-state index contributed by atoms with van der Waals surface area (Å²) >= 11 is 11.9. The number of benzene rings is 4. The number of aliphatic imine (C=N–C) groups is 1. The van der Waals surface area contributed by atoms with Gasteiger partial charge in [0.2, 0.25) is 0 Å². The first kappa shape index (κ1) is 21.3. The van der Waals surface area contributed by atoms with Crippen molar-refractivity contribution in [3.05, 3.63) is 117 Å². The van der Waals surface area contributed by atoms with Gasteiger partial charge >= 0.3 is 0 Å². The van der Waals surface area contributed by atoms with Gasteiger partial charge in [-0.2, -0.15) is 0 Å². The van der Waals surface area contributed by atoms with Crippen LogP contribution in [0.25, 0.3) is 26.9 Å². The number of rotatable bonds is 3. The van der Waals surface area contributed by atoms with Crippen molar-refractivity contribution in [3.8, 4) is 0 Å². The molecular weight excluding hydrogens is 528 g/mol. The van der Waals surface area contributed by atoms with Crippen LogP contribution in [0.3, 0.4) is 0 Å². The Morgan fingerprint density at radius 1 is 0.882 bits per heavy atom. The predicted molar refractivity (Wildman–Crippen MR) is 147 cm³/mol. The molecule has 0 atom stereocenters. The summed E-state index contributed by atoms with van der Waals surface area (Å²) in [6.45, 7) is 0. The summed E-state index contributed by atoms with van der Waals surface area (Å²) in [7, 11) is 0. The van der Waals surface area contributed by atoms with Gasteiger partial charge in [0, 0.05) is 14.6 Å². The number of hydrogen-bond acceptors (Lipinski definition) is 3. The molecule has 34 heavy (non-hydrogen) atoms. The van der Waals surface area contributed by atoms with Crippen molar-refractivity contribution in [1.82, 2.24) is 0 Å². The lowest BCUT2D eigenvalue weighted by atomic mass is 10.0. The number of carbonyl (C=O) groups is 1. The van der Waals surface area contributed by atoms with E-state index in [0.29, 0.717) is 16.6 Å². The van der Waals surface area contributed by atoms with Crippen LogP contribution in [0.15, 0.2) is 106 Å². The zero-order chi connectivity index (χ0) is 23.2. The quantitative estimate of drug-likeness (QED) is 0.211. The molecule has 0 fully saturated rings. The minimum atomic E-state index is -0.186. The number of amidine groups is 1. The molecule has 0 spiro atoms. The normalized spacial score (nSPS) is 15.0. The highest BCUT2D eigenvalue weighted by molar-refractivity contribution is 9.10. The molecule has 0 unspecified atom stereocenters. The molecule has 0 aliphatic carbocycles. The highest BCUT2D eigenvalue weighted by atomic mass is 79.9. The van der Waals surface area contributed by atoms with Crippen molar-refractivity contribution in [2.24, 2.45) is 4.99 Å². The Hall–Kier alpha value is -3.25. The molecule has 3 nitrogen and oxygen atoms in total. The lowest BCUT2D eigenvalue weighted by molar-refractivity contribution is -0.113. The van der Waals surface area contributed by atoms with Crippen molar-refractivity contribution in [2.45, 2.75) is 0 Å². The monoisotopic (exact) mass is 542 g/mol. The maximum Gasteiger partial charge on any atom is 0.282 e. The van der Waals surface area contributed by atoms with Crippen LogP contribution in [0.4, 0.5) is 5.69 Å². The molecule has 0 N–H and O–H groups in total. The van der Waals surface area contributed by atoms with E-state index in [2.05, 4.69) is 34.1 Å². The minimum absolute atomic E-state index is 0.186. The maximum atomic E-state index is 13.8. The first-order valence-electron chi connectivity index (χ1n) is 10.7. The SMILES string of the molecule is O=C1/C(=C\c2cccc3ccccc23)N=C(c2sc3ccccc3c2Cl)N1c1cccc(Br)c1. The van der Waals surface area contributed by atoms with Crippen LogP contribution < -0.4 is 4.90 Å². The third-order valence-corrected chi connectivity index (χ3v) is 7.94. The Labute approximate surface area is 213 Å². The molecule has 5 aromatic rings. The zero-order valence-electron chi connectivity index (χ0n) is 17.7. The number of hydrogen-bond donors (Lipinski definition) is 0. The number of carbonyl (C=O) groups excluding carboxylic acids is 1. The average molecular weight is 544 g/mol. The minimum Gasteiger partial charge on any atom is -0.266 e. The molecular formula is C28H16BrClN2OS. The van der Waals surface area contributed by atoms with E-state index >= 15 is 0 Å². The fourth-order valence-electron chi connectivity index (χ4n) is 4.21. The summed E-state index contributed by atoms with van der Waals surface area (Å²) in [5, 5.41) is 3.75. The highest BCUT2D eigenvalue weighted by Gasteiger charge is 2.35. The second-order valence-electron chi connectivity index (χ2n) is 7.90. The van der Waals surface area contributed by atoms with Gasteiger partial charge in [-0.25, -0.2) is 4.99 Å². The van der Waals surface area contributed by atoms with Crippen LogP contribution in [0.5, 0.6) is 0 Å². The van der Waals surface area contributed by atoms with Crippen LogP contribution in [-0.4, -0.2) is 11.7 Å². The van der Waals surface area contributed by atoms with Crippen LogP contribution in [0.2, 0.25) is 5.02 Å². The fourth-order valence-corrected chi connectivity index (χ4v) is 6.09. The van der Waals surface area contributed by atoms with Gasteiger partial charge in [-0.05, 0) is 46.7 Å². The molecule has 164 valence electrons. The Morgan fingerprint density at radius 2 is 1.62 bits per heavy atom. The number of halogens is 2. The summed E-state index contributed by atoms with van der Waals surface area (Å²) in [6, 6.07) is 29.8. The Bertz CT molecular complexity index is 1660. The van der Waals surface area contributed by atoms with E-state index in [0.717, 1.165) is 41.5 Å². The second kappa shape index (κ2) is 8.51. The molecule has 6 rings (SSSR count). The topological polar surface area (TPSA) is 32.7 Å². The summed E-state index contributed by atoms with van der Waals surface area (Å²) in [5.74, 6) is 0.357. The third kappa shape index (κ3) is 3.57. The first-order valence-corrected chi connectivity index (χ1v) is 12.6. The summed E-state index contributed by atoms with van der Waals surface area (Å²) in [5.41, 5.74) is 2.05. The summed E-state index contributed by atoms with van der Waals surface area (Å²) in [6.07, 6.45) is 1.86. The lowest BCUT2D eigenvalue weighted by Crippen LogP contribution is -2.32. The Kier molecular flexibility index (Phi) is 5.33. The van der Waals surface area contributed by atoms with Gasteiger partial charge < -0.3 is 0 Å². The van der Waals surface area contributed by atoms with Crippen molar-refractivity contribution in [2.75, 3.05) is 4.90 Å². The molecule has 1 amide bonds. The third-order valence-electron chi connectivity index (χ3n) is 5.78. The molecule has 4 aromatic carbocycles. The molecule has 1 aliphatic rings. The van der Waals surface area contributed by atoms with Crippen LogP contribution >= 0.6 is 38.9 Å². The molecule has 0 bridgehead atoms. The highest BCUT2D eigenvalue weighted by Crippen LogP contribution is 2.39. The Morgan fingerprint density at radius 3 is 2.44 bits per heavy atom. The number of thiophene rings is 1. The fraction of sp³-hybridized carbons (Fsp3) is 0. The summed E-state index contributed by atoms with van der Waals surface area (Å²) < 4.78 is 1.93. The van der Waals surface area contributed by atoms with Gasteiger partial charge in [0.15, 0.2) is 5.84 Å². The van der Waals surface area contributed by atoms with E-state index in [1.54, 1.807) is 16.2 Å². The van der Waals surface area contributed by atoms with E-state index in [1.165, 1.54) is 0 Å². The van der Waals surface area contributed by atoms with Gasteiger partial charge in [-0.1, -0.05) is 94.3 Å². The van der Waals surface area contributed by atoms with Crippen LogP contribution in [0, 0.1) is 0 Å².